The van der Waals surface area contributed by atoms with Gasteiger partial charge in [-0.25, -0.2) is 9.69 Å². The van der Waals surface area contributed by atoms with Crippen molar-refractivity contribution in [3.05, 3.63) is 36.0 Å². The van der Waals surface area contributed by atoms with Crippen LogP contribution in [0.1, 0.15) is 12.0 Å². The van der Waals surface area contributed by atoms with Crippen molar-refractivity contribution < 1.29 is 27.6 Å². The number of imide groups is 1. The van der Waals surface area contributed by atoms with E-state index in [4.69, 9.17) is 0 Å². The number of nitrogens with zero attached hydrogens (tertiary/aromatic N) is 5. The Bertz CT molecular complexity index is 1170. The van der Waals surface area contributed by atoms with Crippen LogP contribution in [0.4, 0.5) is 23.7 Å². The molecule has 0 aliphatic carbocycles. The van der Waals surface area contributed by atoms with Gasteiger partial charge in [0.2, 0.25) is 0 Å². The van der Waals surface area contributed by atoms with Gasteiger partial charge in [-0.05, 0) is 30.7 Å². The van der Waals surface area contributed by atoms with Gasteiger partial charge in [0, 0.05) is 18.1 Å². The second-order valence-electron chi connectivity index (χ2n) is 7.36. The van der Waals surface area contributed by atoms with E-state index < -0.39 is 42.1 Å². The zero-order valence-corrected chi connectivity index (χ0v) is 15.1. The summed E-state index contributed by atoms with van der Waals surface area (Å²) in [4.78, 5) is 45.0. The molecule has 1 aromatic heterocycles. The van der Waals surface area contributed by atoms with E-state index in [2.05, 4.69) is 4.98 Å². The summed E-state index contributed by atoms with van der Waals surface area (Å²) in [6, 6.07) is 4.59. The first-order chi connectivity index (χ1) is 14.2. The average molecular weight is 415 g/mol. The number of hydrogen-bond donors (Lipinski definition) is 0. The molecule has 5 rings (SSSR count). The number of halogens is 3. The normalized spacial score (nSPS) is 25.3. The minimum absolute atomic E-state index is 0.132. The van der Waals surface area contributed by atoms with Gasteiger partial charge in [0.05, 0.1) is 28.9 Å². The Morgan fingerprint density at radius 3 is 2.70 bits per heavy atom. The molecule has 4 amide bonds. The van der Waals surface area contributed by atoms with Crippen molar-refractivity contribution in [2.45, 2.75) is 30.7 Å². The molecule has 0 N–H and O–H groups in total. The molecule has 0 saturated carbocycles. The summed E-state index contributed by atoms with van der Waals surface area (Å²) in [7, 11) is 0. The SMILES string of the molecule is N#Cc1ccc(N2C(=O)[C@@H]3C4CC(CN4C(=O)C(F)(F)F)N3C2=O)c2cccnc12. The molecule has 3 saturated heterocycles. The topological polar surface area (TPSA) is 97.6 Å². The van der Waals surface area contributed by atoms with E-state index in [0.717, 1.165) is 4.90 Å². The molecule has 2 bridgehead atoms. The number of rotatable bonds is 1. The number of benzene rings is 1. The van der Waals surface area contributed by atoms with Gasteiger partial charge in [-0.3, -0.25) is 14.6 Å². The fourth-order valence-corrected chi connectivity index (χ4v) is 4.72. The standard InChI is InChI=1S/C19H12F3N5O3/c20-19(21,22)17(29)25-8-10-6-13(25)15-16(28)27(18(30)26(10)15)12-4-3-9(7-23)14-11(12)2-1-5-24-14/h1-5,10,13,15H,6,8H2/t10?,13?,15-/m0/s1. The lowest BCUT2D eigenvalue weighted by atomic mass is 10.1. The third-order valence-corrected chi connectivity index (χ3v) is 5.88. The molecule has 4 heterocycles. The Hall–Kier alpha value is -3.68. The maximum absolute atomic E-state index is 13.2. The van der Waals surface area contributed by atoms with Gasteiger partial charge in [0.15, 0.2) is 0 Å². The number of urea groups is 1. The van der Waals surface area contributed by atoms with Gasteiger partial charge < -0.3 is 9.80 Å². The zero-order valence-electron chi connectivity index (χ0n) is 15.1. The van der Waals surface area contributed by atoms with E-state index in [0.29, 0.717) is 15.8 Å². The molecule has 2 unspecified atom stereocenters. The summed E-state index contributed by atoms with van der Waals surface area (Å²) in [6.45, 7) is -0.262. The first-order valence-electron chi connectivity index (χ1n) is 9.06. The summed E-state index contributed by atoms with van der Waals surface area (Å²) in [6.07, 6.45) is -3.44. The van der Waals surface area contributed by atoms with Crippen LogP contribution in [-0.4, -0.2) is 63.5 Å². The zero-order chi connectivity index (χ0) is 21.4. The van der Waals surface area contributed by atoms with Crippen molar-refractivity contribution in [1.82, 2.24) is 14.8 Å². The largest absolute Gasteiger partial charge is 0.471 e. The molecule has 3 fully saturated rings. The van der Waals surface area contributed by atoms with Crippen LogP contribution in [0.25, 0.3) is 10.9 Å². The molecule has 30 heavy (non-hydrogen) atoms. The lowest BCUT2D eigenvalue weighted by Gasteiger charge is -2.35. The van der Waals surface area contributed by atoms with Crippen LogP contribution in [-0.2, 0) is 9.59 Å². The van der Waals surface area contributed by atoms with Crippen molar-refractivity contribution in [3.63, 3.8) is 0 Å². The number of piperazine rings is 1. The average Bonchev–Trinajstić information content (AvgIpc) is 3.37. The highest BCUT2D eigenvalue weighted by atomic mass is 19.4. The number of anilines is 1. The Kier molecular flexibility index (Phi) is 3.62. The maximum Gasteiger partial charge on any atom is 0.471 e. The van der Waals surface area contributed by atoms with Crippen LogP contribution in [0, 0.1) is 11.3 Å². The second kappa shape index (κ2) is 5.91. The molecule has 11 heteroatoms. The highest BCUT2D eigenvalue weighted by Crippen LogP contribution is 2.44. The van der Waals surface area contributed by atoms with E-state index in [1.807, 2.05) is 6.07 Å². The lowest BCUT2D eigenvalue weighted by molar-refractivity contribution is -0.188. The number of alkyl halides is 3. The molecule has 0 radical (unpaired) electrons. The van der Waals surface area contributed by atoms with Gasteiger partial charge in [-0.2, -0.15) is 18.4 Å². The van der Waals surface area contributed by atoms with E-state index >= 15 is 0 Å². The van der Waals surface area contributed by atoms with Crippen LogP contribution in [0.2, 0.25) is 0 Å². The molecule has 2 aromatic rings. The molecular weight excluding hydrogens is 403 g/mol. The summed E-state index contributed by atoms with van der Waals surface area (Å²) >= 11 is 0. The smallest absolute Gasteiger partial charge is 0.327 e. The molecule has 1 aromatic carbocycles. The number of pyridine rings is 1. The number of likely N-dealkylation sites (tertiary alicyclic amines) is 1. The first-order valence-corrected chi connectivity index (χ1v) is 9.06. The van der Waals surface area contributed by atoms with Crippen LogP contribution >= 0.6 is 0 Å². The Morgan fingerprint density at radius 2 is 2.00 bits per heavy atom. The number of hydrogen-bond acceptors (Lipinski definition) is 5. The molecule has 3 atom stereocenters. The van der Waals surface area contributed by atoms with Crippen molar-refractivity contribution in [2.75, 3.05) is 11.4 Å². The number of aromatic nitrogens is 1. The van der Waals surface area contributed by atoms with Gasteiger partial charge >= 0.3 is 18.1 Å². The van der Waals surface area contributed by atoms with Crippen LogP contribution in [0.5, 0.6) is 0 Å². The number of amides is 4. The Morgan fingerprint density at radius 1 is 1.23 bits per heavy atom. The van der Waals surface area contributed by atoms with Gasteiger partial charge in [-0.15, -0.1) is 0 Å². The molecule has 152 valence electrons. The van der Waals surface area contributed by atoms with Crippen molar-refractivity contribution in [3.8, 4) is 6.07 Å². The van der Waals surface area contributed by atoms with E-state index in [1.165, 1.54) is 23.2 Å². The number of carbonyl (C=O) groups excluding carboxylic acids is 3. The van der Waals surface area contributed by atoms with E-state index in [-0.39, 0.29) is 24.2 Å². The summed E-state index contributed by atoms with van der Waals surface area (Å²) < 4.78 is 38.8. The minimum atomic E-state index is -5.05. The van der Waals surface area contributed by atoms with Crippen molar-refractivity contribution in [1.29, 1.82) is 5.26 Å². The van der Waals surface area contributed by atoms with Crippen LogP contribution < -0.4 is 4.90 Å². The Balaban J connectivity index is 1.56. The fraction of sp³-hybridized carbons (Fsp3) is 0.316. The van der Waals surface area contributed by atoms with Crippen molar-refractivity contribution >= 4 is 34.4 Å². The molecule has 8 nitrogen and oxygen atoms in total. The quantitative estimate of drug-likeness (QED) is 0.662. The Labute approximate surface area is 167 Å². The van der Waals surface area contributed by atoms with Gasteiger partial charge in [0.25, 0.3) is 5.91 Å². The third kappa shape index (κ3) is 2.27. The molecule has 3 aliphatic heterocycles. The number of carbonyl (C=O) groups is 3. The van der Waals surface area contributed by atoms with Gasteiger partial charge in [-0.1, -0.05) is 0 Å². The monoisotopic (exact) mass is 415 g/mol. The van der Waals surface area contributed by atoms with Crippen molar-refractivity contribution in [2.24, 2.45) is 0 Å². The highest BCUT2D eigenvalue weighted by molar-refractivity contribution is 6.25. The van der Waals surface area contributed by atoms with Crippen LogP contribution in [0.3, 0.4) is 0 Å². The first kappa shape index (κ1) is 18.4. The molecule has 3 aliphatic rings. The fourth-order valence-electron chi connectivity index (χ4n) is 4.72. The summed E-state index contributed by atoms with van der Waals surface area (Å²) in [5, 5.41) is 9.67. The number of fused-ring (bicyclic) bond motifs is 6. The third-order valence-electron chi connectivity index (χ3n) is 5.88. The highest BCUT2D eigenvalue weighted by Gasteiger charge is 2.64. The minimum Gasteiger partial charge on any atom is -0.327 e. The van der Waals surface area contributed by atoms with E-state index in [1.54, 1.807) is 12.1 Å². The van der Waals surface area contributed by atoms with Crippen LogP contribution in [0.15, 0.2) is 30.5 Å². The lowest BCUT2D eigenvalue weighted by Crippen LogP contribution is -2.57. The summed E-state index contributed by atoms with van der Waals surface area (Å²) in [5.41, 5.74) is 0.771. The number of nitriles is 1. The second-order valence-corrected chi connectivity index (χ2v) is 7.36. The molecular formula is C19H12F3N5O3. The molecule has 0 spiro atoms. The maximum atomic E-state index is 13.2. The van der Waals surface area contributed by atoms with Gasteiger partial charge in [0.1, 0.15) is 12.1 Å². The predicted octanol–water partition coefficient (Wildman–Crippen LogP) is 1.79. The summed E-state index contributed by atoms with van der Waals surface area (Å²) in [5.74, 6) is -2.69. The van der Waals surface area contributed by atoms with E-state index in [9.17, 15) is 32.8 Å². The predicted molar refractivity (Wildman–Crippen MR) is 94.9 cm³/mol.